The molecule has 3 heterocycles. The van der Waals surface area contributed by atoms with E-state index in [4.69, 9.17) is 15.5 Å². The quantitative estimate of drug-likeness (QED) is 0.463. The maximum Gasteiger partial charge on any atom is 0.250 e. The van der Waals surface area contributed by atoms with E-state index in [9.17, 15) is 4.79 Å². The molecule has 0 saturated carbocycles. The maximum absolute atomic E-state index is 12.0. The Kier molecular flexibility index (Phi) is 5.56. The number of rotatable bonds is 6. The van der Waals surface area contributed by atoms with Crippen molar-refractivity contribution in [3.05, 3.63) is 66.5 Å². The lowest BCUT2D eigenvalue weighted by Crippen LogP contribution is -2.29. The van der Waals surface area contributed by atoms with Crippen LogP contribution in [-0.2, 0) is 0 Å². The second kappa shape index (κ2) is 8.82. The van der Waals surface area contributed by atoms with E-state index in [1.165, 1.54) is 24.9 Å². The number of fused-ring (bicyclic) bond motifs is 1. The summed E-state index contributed by atoms with van der Waals surface area (Å²) < 4.78 is 7.32. The minimum Gasteiger partial charge on any atom is -0.491 e. The summed E-state index contributed by atoms with van der Waals surface area (Å²) in [5.41, 5.74) is 8.96. The molecule has 0 radical (unpaired) electrons. The van der Waals surface area contributed by atoms with Crippen LogP contribution in [0.3, 0.4) is 0 Å². The van der Waals surface area contributed by atoms with Crippen molar-refractivity contribution >= 4 is 34.1 Å². The molecule has 33 heavy (non-hydrogen) atoms. The molecule has 2 aromatic carbocycles. The second-order valence-corrected chi connectivity index (χ2v) is 8.10. The van der Waals surface area contributed by atoms with Gasteiger partial charge in [0.05, 0.1) is 24.4 Å². The van der Waals surface area contributed by atoms with Crippen LogP contribution in [-0.4, -0.2) is 40.6 Å². The molecule has 0 spiro atoms. The van der Waals surface area contributed by atoms with Gasteiger partial charge in [-0.2, -0.15) is 4.98 Å². The third kappa shape index (κ3) is 4.07. The molecular formula is C25H26N6O2. The monoisotopic (exact) mass is 442 g/mol. The highest BCUT2D eigenvalue weighted by molar-refractivity contribution is 6.06. The molecule has 4 aromatic rings. The molecule has 8 heteroatoms. The molecule has 5 rings (SSSR count). The highest BCUT2D eigenvalue weighted by Crippen LogP contribution is 2.30. The number of hydrogen-bond acceptors (Lipinski definition) is 6. The van der Waals surface area contributed by atoms with Crippen molar-refractivity contribution in [1.29, 1.82) is 0 Å². The number of amides is 1. The number of nitrogens with zero attached hydrogens (tertiary/aromatic N) is 4. The van der Waals surface area contributed by atoms with E-state index in [2.05, 4.69) is 27.3 Å². The Morgan fingerprint density at radius 1 is 1.06 bits per heavy atom. The maximum atomic E-state index is 12.0. The first-order valence-electron chi connectivity index (χ1n) is 11.1. The number of carbonyl (C=O) groups excluding carboxylic acids is 1. The van der Waals surface area contributed by atoms with Crippen LogP contribution >= 0.6 is 0 Å². The molecule has 0 atom stereocenters. The first-order chi connectivity index (χ1) is 16.1. The lowest BCUT2D eigenvalue weighted by molar-refractivity contribution is 0.100. The van der Waals surface area contributed by atoms with Crippen molar-refractivity contribution in [2.24, 2.45) is 5.73 Å². The van der Waals surface area contributed by atoms with Crippen molar-refractivity contribution < 1.29 is 9.53 Å². The van der Waals surface area contributed by atoms with Gasteiger partial charge in [-0.15, -0.1) is 0 Å². The van der Waals surface area contributed by atoms with Crippen LogP contribution in [0.15, 0.2) is 60.9 Å². The normalized spacial score (nSPS) is 13.8. The van der Waals surface area contributed by atoms with Gasteiger partial charge in [0.25, 0.3) is 5.91 Å². The standard InChI is InChI=1S/C25H26N6O2/c1-33-22-15-27-25(28-17-9-11-18(12-10-17)30-13-5-2-6-14-30)29-24(22)31-16-20(23(26)32)19-7-3-4-8-21(19)31/h3-4,7-12,15-16H,2,5-6,13-14H2,1H3,(H2,26,32)(H,27,28,29). The van der Waals surface area contributed by atoms with Crippen molar-refractivity contribution in [3.8, 4) is 11.6 Å². The summed E-state index contributed by atoms with van der Waals surface area (Å²) in [5.74, 6) is 0.932. The molecule has 1 saturated heterocycles. The van der Waals surface area contributed by atoms with E-state index in [1.807, 2.05) is 36.4 Å². The summed E-state index contributed by atoms with van der Waals surface area (Å²) in [7, 11) is 1.56. The zero-order chi connectivity index (χ0) is 22.8. The number of nitrogens with one attached hydrogen (secondary N) is 1. The highest BCUT2D eigenvalue weighted by Gasteiger charge is 2.18. The smallest absolute Gasteiger partial charge is 0.250 e. The number of benzene rings is 2. The van der Waals surface area contributed by atoms with Crippen LogP contribution in [0.4, 0.5) is 17.3 Å². The number of methoxy groups -OCH3 is 1. The van der Waals surface area contributed by atoms with E-state index >= 15 is 0 Å². The zero-order valence-corrected chi connectivity index (χ0v) is 18.5. The summed E-state index contributed by atoms with van der Waals surface area (Å²) >= 11 is 0. The SMILES string of the molecule is COc1cnc(Nc2ccc(N3CCCCC3)cc2)nc1-n1cc(C(N)=O)c2ccccc21. The minimum absolute atomic E-state index is 0.425. The zero-order valence-electron chi connectivity index (χ0n) is 18.5. The molecule has 8 nitrogen and oxygen atoms in total. The molecular weight excluding hydrogens is 416 g/mol. The molecule has 0 aliphatic carbocycles. The van der Waals surface area contributed by atoms with Crippen LogP contribution in [0.1, 0.15) is 29.6 Å². The molecule has 168 valence electrons. The fourth-order valence-corrected chi connectivity index (χ4v) is 4.33. The van der Waals surface area contributed by atoms with Gasteiger partial charge >= 0.3 is 0 Å². The number of primary amides is 1. The Morgan fingerprint density at radius 3 is 2.55 bits per heavy atom. The predicted octanol–water partition coefficient (Wildman–Crippen LogP) is 4.26. The van der Waals surface area contributed by atoms with Crippen molar-refractivity contribution in [2.75, 3.05) is 30.4 Å². The molecule has 0 unspecified atom stereocenters. The number of hydrogen-bond donors (Lipinski definition) is 2. The Balaban J connectivity index is 1.47. The number of piperidine rings is 1. The van der Waals surface area contributed by atoms with E-state index in [0.29, 0.717) is 23.1 Å². The molecule has 0 bridgehead atoms. The van der Waals surface area contributed by atoms with Crippen molar-refractivity contribution in [2.45, 2.75) is 19.3 Å². The third-order valence-corrected chi connectivity index (χ3v) is 6.01. The fourth-order valence-electron chi connectivity index (χ4n) is 4.33. The number of anilines is 3. The average molecular weight is 443 g/mol. The van der Waals surface area contributed by atoms with Gasteiger partial charge in [0, 0.05) is 36.0 Å². The van der Waals surface area contributed by atoms with Crippen LogP contribution in [0, 0.1) is 0 Å². The Morgan fingerprint density at radius 2 is 1.82 bits per heavy atom. The van der Waals surface area contributed by atoms with E-state index in [0.717, 1.165) is 29.7 Å². The average Bonchev–Trinajstić information content (AvgIpc) is 3.25. The first-order valence-corrected chi connectivity index (χ1v) is 11.1. The number of nitrogens with two attached hydrogens (primary N) is 1. The molecule has 1 aliphatic heterocycles. The number of para-hydroxylation sites is 1. The van der Waals surface area contributed by atoms with Crippen LogP contribution < -0.4 is 20.7 Å². The number of carbonyl (C=O) groups is 1. The van der Waals surface area contributed by atoms with Gasteiger partial charge in [0.15, 0.2) is 11.6 Å². The molecule has 1 aliphatic rings. The summed E-state index contributed by atoms with van der Waals surface area (Å²) in [6.45, 7) is 2.21. The summed E-state index contributed by atoms with van der Waals surface area (Å²) in [6.07, 6.45) is 7.10. The van der Waals surface area contributed by atoms with E-state index < -0.39 is 5.91 Å². The van der Waals surface area contributed by atoms with E-state index in [-0.39, 0.29) is 0 Å². The number of ether oxygens (including phenoxy) is 1. The summed E-state index contributed by atoms with van der Waals surface area (Å²) in [6, 6.07) is 15.9. The van der Waals surface area contributed by atoms with Gasteiger partial charge in [-0.1, -0.05) is 18.2 Å². The summed E-state index contributed by atoms with van der Waals surface area (Å²) in [5, 5.41) is 4.03. The lowest BCUT2D eigenvalue weighted by Gasteiger charge is -2.28. The lowest BCUT2D eigenvalue weighted by atomic mass is 10.1. The summed E-state index contributed by atoms with van der Waals surface area (Å²) in [4.78, 5) is 23.5. The predicted molar refractivity (Wildman–Crippen MR) is 130 cm³/mol. The van der Waals surface area contributed by atoms with E-state index in [1.54, 1.807) is 24.1 Å². The highest BCUT2D eigenvalue weighted by atomic mass is 16.5. The van der Waals surface area contributed by atoms with Gasteiger partial charge < -0.3 is 20.7 Å². The van der Waals surface area contributed by atoms with Gasteiger partial charge in [-0.05, 0) is 49.6 Å². The Bertz CT molecular complexity index is 1290. The molecule has 3 N–H and O–H groups in total. The molecule has 1 amide bonds. The second-order valence-electron chi connectivity index (χ2n) is 8.10. The largest absolute Gasteiger partial charge is 0.491 e. The fraction of sp³-hybridized carbons (Fsp3) is 0.240. The van der Waals surface area contributed by atoms with Crippen molar-refractivity contribution in [3.63, 3.8) is 0 Å². The topological polar surface area (TPSA) is 98.3 Å². The van der Waals surface area contributed by atoms with Gasteiger partial charge in [0.2, 0.25) is 5.95 Å². The molecule has 1 fully saturated rings. The minimum atomic E-state index is -0.495. The van der Waals surface area contributed by atoms with Gasteiger partial charge in [0.1, 0.15) is 0 Å². The Hall–Kier alpha value is -4.07. The third-order valence-electron chi connectivity index (χ3n) is 6.01. The Labute approximate surface area is 192 Å². The van der Waals surface area contributed by atoms with Crippen LogP contribution in [0.5, 0.6) is 5.75 Å². The van der Waals surface area contributed by atoms with Crippen LogP contribution in [0.25, 0.3) is 16.7 Å². The van der Waals surface area contributed by atoms with Crippen LogP contribution in [0.2, 0.25) is 0 Å². The van der Waals surface area contributed by atoms with Crippen molar-refractivity contribution in [1.82, 2.24) is 14.5 Å². The van der Waals surface area contributed by atoms with Gasteiger partial charge in [-0.25, -0.2) is 4.98 Å². The van der Waals surface area contributed by atoms with Gasteiger partial charge in [-0.3, -0.25) is 9.36 Å². The molecule has 2 aromatic heterocycles. The first kappa shape index (κ1) is 20.8. The number of aromatic nitrogens is 3.